The average Bonchev–Trinajstić information content (AvgIpc) is 2.99. The van der Waals surface area contributed by atoms with E-state index in [0.717, 1.165) is 30.2 Å². The molecule has 0 amide bonds. The highest BCUT2D eigenvalue weighted by Crippen LogP contribution is 2.36. The molecular weight excluding hydrogens is 226 g/mol. The number of aromatic amines is 1. The van der Waals surface area contributed by atoms with Gasteiger partial charge in [0.05, 0.1) is 5.84 Å². The Kier molecular flexibility index (Phi) is 3.33. The fraction of sp³-hybridized carbons (Fsp3) is 0.667. The van der Waals surface area contributed by atoms with E-state index in [1.54, 1.807) is 16.3 Å². The number of nitrogens with two attached hydrogens (primary N) is 1. The van der Waals surface area contributed by atoms with E-state index in [2.05, 4.69) is 10.2 Å². The lowest BCUT2D eigenvalue weighted by molar-refractivity contribution is 0.642. The maximum atomic E-state index is 11.4. The molecule has 0 spiro atoms. The van der Waals surface area contributed by atoms with Crippen LogP contribution in [-0.4, -0.2) is 26.4 Å². The smallest absolute Gasteiger partial charge is 0.344 e. The van der Waals surface area contributed by atoms with Gasteiger partial charge in [0, 0.05) is 18.2 Å². The zero-order valence-corrected chi connectivity index (χ0v) is 9.72. The van der Waals surface area contributed by atoms with Gasteiger partial charge in [-0.05, 0) is 19.3 Å². The Morgan fingerprint density at radius 2 is 2.44 bits per heavy atom. The quantitative estimate of drug-likeness (QED) is 0.295. The van der Waals surface area contributed by atoms with Crippen molar-refractivity contribution in [3.05, 3.63) is 10.5 Å². The predicted molar refractivity (Wildman–Crippen MR) is 63.0 cm³/mol. The molecule has 0 aliphatic heterocycles. The minimum absolute atomic E-state index is 0.114. The molecule has 88 valence electrons. The van der Waals surface area contributed by atoms with Gasteiger partial charge in [0.1, 0.15) is 0 Å². The summed E-state index contributed by atoms with van der Waals surface area (Å²) in [4.78, 5) is 11.4. The number of rotatable bonds is 6. The molecule has 1 saturated carbocycles. The fourth-order valence-electron chi connectivity index (χ4n) is 1.47. The molecule has 1 aromatic heterocycles. The maximum absolute atomic E-state index is 11.4. The van der Waals surface area contributed by atoms with Crippen LogP contribution in [0, 0.1) is 5.41 Å². The van der Waals surface area contributed by atoms with Crippen LogP contribution in [0.25, 0.3) is 0 Å². The van der Waals surface area contributed by atoms with Crippen molar-refractivity contribution in [2.24, 2.45) is 5.73 Å². The summed E-state index contributed by atoms with van der Waals surface area (Å²) in [6, 6.07) is 0.349. The van der Waals surface area contributed by atoms with E-state index in [4.69, 9.17) is 11.1 Å². The summed E-state index contributed by atoms with van der Waals surface area (Å²) >= 11 is 1.55. The summed E-state index contributed by atoms with van der Waals surface area (Å²) in [5.41, 5.74) is 5.15. The number of thioether (sulfide) groups is 1. The van der Waals surface area contributed by atoms with Crippen molar-refractivity contribution in [2.75, 3.05) is 5.75 Å². The molecule has 0 bridgehead atoms. The minimum Gasteiger partial charge on any atom is -0.388 e. The second-order valence-corrected chi connectivity index (χ2v) is 4.95. The number of nitrogens with zero attached hydrogens (tertiary/aromatic N) is 2. The van der Waals surface area contributed by atoms with E-state index in [1.807, 2.05) is 0 Å². The third-order valence-electron chi connectivity index (χ3n) is 2.41. The highest BCUT2D eigenvalue weighted by molar-refractivity contribution is 7.99. The van der Waals surface area contributed by atoms with Gasteiger partial charge in [0.15, 0.2) is 5.16 Å². The Morgan fingerprint density at radius 3 is 3.06 bits per heavy atom. The number of amidine groups is 1. The Morgan fingerprint density at radius 1 is 1.69 bits per heavy atom. The molecule has 0 unspecified atom stereocenters. The maximum Gasteiger partial charge on any atom is 0.344 e. The predicted octanol–water partition coefficient (Wildman–Crippen LogP) is 0.715. The second kappa shape index (κ2) is 4.73. The lowest BCUT2D eigenvalue weighted by Crippen LogP contribution is -2.16. The van der Waals surface area contributed by atoms with Crippen LogP contribution in [0.5, 0.6) is 0 Å². The summed E-state index contributed by atoms with van der Waals surface area (Å²) in [7, 11) is 0. The van der Waals surface area contributed by atoms with Gasteiger partial charge in [0.25, 0.3) is 0 Å². The van der Waals surface area contributed by atoms with Gasteiger partial charge in [-0.2, -0.15) is 0 Å². The monoisotopic (exact) mass is 241 g/mol. The van der Waals surface area contributed by atoms with Crippen molar-refractivity contribution in [3.8, 4) is 0 Å². The van der Waals surface area contributed by atoms with E-state index >= 15 is 0 Å². The molecule has 7 heteroatoms. The number of nitrogens with one attached hydrogen (secondary N) is 2. The molecule has 16 heavy (non-hydrogen) atoms. The fourth-order valence-corrected chi connectivity index (χ4v) is 2.43. The van der Waals surface area contributed by atoms with Crippen molar-refractivity contribution in [3.63, 3.8) is 0 Å². The molecule has 1 aliphatic carbocycles. The summed E-state index contributed by atoms with van der Waals surface area (Å²) in [6.45, 7) is 0. The van der Waals surface area contributed by atoms with Crippen molar-refractivity contribution in [1.82, 2.24) is 14.8 Å². The molecule has 1 fully saturated rings. The number of hydrogen-bond donors (Lipinski definition) is 3. The van der Waals surface area contributed by atoms with Crippen LogP contribution >= 0.6 is 11.8 Å². The Bertz CT molecular complexity index is 433. The van der Waals surface area contributed by atoms with Crippen molar-refractivity contribution in [2.45, 2.75) is 36.9 Å². The lowest BCUT2D eigenvalue weighted by Gasteiger charge is -2.02. The van der Waals surface area contributed by atoms with Crippen LogP contribution in [0.1, 0.15) is 31.7 Å². The molecule has 1 aliphatic rings. The third kappa shape index (κ3) is 2.66. The molecule has 6 nitrogen and oxygen atoms in total. The van der Waals surface area contributed by atoms with Gasteiger partial charge in [0.2, 0.25) is 0 Å². The van der Waals surface area contributed by atoms with Crippen molar-refractivity contribution in [1.29, 1.82) is 5.41 Å². The van der Waals surface area contributed by atoms with E-state index < -0.39 is 0 Å². The second-order valence-electron chi connectivity index (χ2n) is 3.89. The Hall–Kier alpha value is -1.24. The standard InChI is InChI=1S/C9H15N5OS/c10-7(11)2-1-5-16-9-13-12-8(15)14(9)6-3-4-6/h6H,1-5H2,(H3,10,11)(H,12,15). The van der Waals surface area contributed by atoms with Gasteiger partial charge in [-0.15, -0.1) is 5.10 Å². The molecule has 0 saturated heterocycles. The molecule has 2 rings (SSSR count). The zero-order valence-electron chi connectivity index (χ0n) is 8.90. The Labute approximate surface area is 97.1 Å². The van der Waals surface area contributed by atoms with Crippen LogP contribution in [0.3, 0.4) is 0 Å². The summed E-state index contributed by atoms with van der Waals surface area (Å²) in [5, 5.41) is 14.3. The minimum atomic E-state index is -0.114. The molecule has 0 radical (unpaired) electrons. The van der Waals surface area contributed by atoms with Crippen LogP contribution < -0.4 is 11.4 Å². The molecule has 1 aromatic rings. The molecule has 4 N–H and O–H groups in total. The van der Waals surface area contributed by atoms with Crippen molar-refractivity contribution >= 4 is 17.6 Å². The Balaban J connectivity index is 1.89. The topological polar surface area (TPSA) is 101 Å². The van der Waals surface area contributed by atoms with Gasteiger partial charge in [-0.3, -0.25) is 9.98 Å². The first kappa shape index (κ1) is 11.3. The van der Waals surface area contributed by atoms with E-state index in [1.165, 1.54) is 0 Å². The molecule has 0 aromatic carbocycles. The van der Waals surface area contributed by atoms with E-state index in [9.17, 15) is 4.79 Å². The lowest BCUT2D eigenvalue weighted by atomic mass is 10.3. The third-order valence-corrected chi connectivity index (χ3v) is 3.44. The van der Waals surface area contributed by atoms with Crippen LogP contribution in [0.2, 0.25) is 0 Å². The zero-order chi connectivity index (χ0) is 11.5. The highest BCUT2D eigenvalue weighted by Gasteiger charge is 2.28. The van der Waals surface area contributed by atoms with E-state index in [-0.39, 0.29) is 11.5 Å². The van der Waals surface area contributed by atoms with Crippen LogP contribution in [-0.2, 0) is 0 Å². The first-order valence-electron chi connectivity index (χ1n) is 5.31. The summed E-state index contributed by atoms with van der Waals surface area (Å²) in [5.74, 6) is 1.04. The molecule has 1 heterocycles. The van der Waals surface area contributed by atoms with Crippen LogP contribution in [0.4, 0.5) is 0 Å². The normalized spacial score (nSPS) is 15.2. The van der Waals surface area contributed by atoms with Crippen LogP contribution in [0.15, 0.2) is 9.95 Å². The first-order chi connectivity index (χ1) is 7.68. The van der Waals surface area contributed by atoms with Crippen molar-refractivity contribution < 1.29 is 0 Å². The largest absolute Gasteiger partial charge is 0.388 e. The highest BCUT2D eigenvalue weighted by atomic mass is 32.2. The number of hydrogen-bond acceptors (Lipinski definition) is 4. The van der Waals surface area contributed by atoms with Gasteiger partial charge in [-0.1, -0.05) is 11.8 Å². The number of H-pyrrole nitrogens is 1. The average molecular weight is 241 g/mol. The molecular formula is C9H15N5OS. The first-order valence-corrected chi connectivity index (χ1v) is 6.29. The van der Waals surface area contributed by atoms with Gasteiger partial charge >= 0.3 is 5.69 Å². The van der Waals surface area contributed by atoms with E-state index in [0.29, 0.717) is 12.5 Å². The summed E-state index contributed by atoms with van der Waals surface area (Å²) in [6.07, 6.45) is 3.58. The SMILES string of the molecule is N=C(N)CCCSc1n[nH]c(=O)n1C1CC1. The van der Waals surface area contributed by atoms with Gasteiger partial charge < -0.3 is 5.73 Å². The molecule has 0 atom stereocenters. The number of aromatic nitrogens is 3. The summed E-state index contributed by atoms with van der Waals surface area (Å²) < 4.78 is 1.73. The van der Waals surface area contributed by atoms with Gasteiger partial charge in [-0.25, -0.2) is 9.89 Å².